The van der Waals surface area contributed by atoms with Gasteiger partial charge < -0.3 is 10.2 Å². The molecule has 0 bridgehead atoms. The van der Waals surface area contributed by atoms with Crippen LogP contribution in [0, 0.1) is 13.8 Å². The Hall–Kier alpha value is -3.51. The van der Waals surface area contributed by atoms with Gasteiger partial charge in [0.05, 0.1) is 6.54 Å². The molecule has 0 radical (unpaired) electrons. The monoisotopic (exact) mass is 428 g/mol. The molecule has 0 aliphatic carbocycles. The predicted molar refractivity (Wildman–Crippen MR) is 127 cm³/mol. The van der Waals surface area contributed by atoms with Crippen molar-refractivity contribution in [2.24, 2.45) is 0 Å². The van der Waals surface area contributed by atoms with Crippen LogP contribution in [0.2, 0.25) is 0 Å². The molecule has 6 nitrogen and oxygen atoms in total. The summed E-state index contributed by atoms with van der Waals surface area (Å²) in [5.41, 5.74) is 6.25. The first kappa shape index (κ1) is 21.7. The number of rotatable bonds is 5. The van der Waals surface area contributed by atoms with E-state index in [-0.39, 0.29) is 11.8 Å². The highest BCUT2D eigenvalue weighted by Crippen LogP contribution is 2.28. The van der Waals surface area contributed by atoms with Gasteiger partial charge in [-0.15, -0.1) is 0 Å². The second-order valence-corrected chi connectivity index (χ2v) is 8.41. The van der Waals surface area contributed by atoms with Crippen LogP contribution >= 0.6 is 0 Å². The van der Waals surface area contributed by atoms with Crippen molar-refractivity contribution in [1.82, 2.24) is 15.2 Å². The van der Waals surface area contributed by atoms with Crippen molar-refractivity contribution < 1.29 is 9.59 Å². The molecule has 2 amide bonds. The van der Waals surface area contributed by atoms with Crippen LogP contribution in [-0.2, 0) is 11.3 Å². The van der Waals surface area contributed by atoms with Gasteiger partial charge in [0.15, 0.2) is 0 Å². The predicted octanol–water partition coefficient (Wildman–Crippen LogP) is 3.57. The summed E-state index contributed by atoms with van der Waals surface area (Å²) >= 11 is 0. The zero-order valence-corrected chi connectivity index (χ0v) is 18.8. The molecule has 1 aliphatic rings. The molecule has 1 saturated heterocycles. The number of hydrogen-bond donors (Lipinski definition) is 1. The molecule has 6 heteroatoms. The van der Waals surface area contributed by atoms with Gasteiger partial charge >= 0.3 is 0 Å². The summed E-state index contributed by atoms with van der Waals surface area (Å²) in [6, 6.07) is 17.8. The Morgan fingerprint density at radius 2 is 1.78 bits per heavy atom. The summed E-state index contributed by atoms with van der Waals surface area (Å²) in [5.74, 6) is -0.140. The highest BCUT2D eigenvalue weighted by atomic mass is 16.2. The van der Waals surface area contributed by atoms with Gasteiger partial charge in [-0.25, -0.2) is 0 Å². The van der Waals surface area contributed by atoms with Crippen LogP contribution in [0.15, 0.2) is 60.8 Å². The molecule has 0 saturated carbocycles. The number of likely N-dealkylation sites (N-methyl/N-ethyl adjacent to an activating group) is 1. The number of aromatic nitrogens is 1. The van der Waals surface area contributed by atoms with Gasteiger partial charge in [-0.3, -0.25) is 19.5 Å². The third-order valence-electron chi connectivity index (χ3n) is 5.71. The first-order valence-electron chi connectivity index (χ1n) is 10.8. The number of nitrogens with one attached hydrogen (secondary N) is 1. The number of carbonyl (C=O) groups is 2. The van der Waals surface area contributed by atoms with Gasteiger partial charge in [0.25, 0.3) is 5.91 Å². The first-order valence-corrected chi connectivity index (χ1v) is 10.8. The molecule has 4 rings (SSSR count). The Balaban J connectivity index is 1.64. The fraction of sp³-hybridized carbons (Fsp3) is 0.269. The van der Waals surface area contributed by atoms with E-state index in [1.807, 2.05) is 80.4 Å². The summed E-state index contributed by atoms with van der Waals surface area (Å²) in [4.78, 5) is 33.8. The zero-order valence-electron chi connectivity index (χ0n) is 18.8. The Bertz CT molecular complexity index is 1120. The lowest BCUT2D eigenvalue weighted by atomic mass is 10.00. The number of hydrogen-bond acceptors (Lipinski definition) is 4. The van der Waals surface area contributed by atoms with Crippen LogP contribution in [0.5, 0.6) is 0 Å². The van der Waals surface area contributed by atoms with Gasteiger partial charge in [0.1, 0.15) is 0 Å². The molecule has 32 heavy (non-hydrogen) atoms. The number of piperazine rings is 1. The Morgan fingerprint density at radius 3 is 2.47 bits per heavy atom. The summed E-state index contributed by atoms with van der Waals surface area (Å²) < 4.78 is 0. The molecule has 3 aromatic rings. The largest absolute Gasteiger partial charge is 0.348 e. The molecule has 164 valence electrons. The summed E-state index contributed by atoms with van der Waals surface area (Å²) in [5, 5.41) is 2.98. The molecule has 0 spiro atoms. The Labute approximate surface area is 188 Å². The summed E-state index contributed by atoms with van der Waals surface area (Å²) in [7, 11) is 1.94. The minimum Gasteiger partial charge on any atom is -0.348 e. The van der Waals surface area contributed by atoms with Crippen LogP contribution in [0.3, 0.4) is 0 Å². The van der Waals surface area contributed by atoms with Crippen molar-refractivity contribution in [2.75, 3.05) is 31.6 Å². The van der Waals surface area contributed by atoms with E-state index in [9.17, 15) is 9.59 Å². The third-order valence-corrected chi connectivity index (χ3v) is 5.71. The number of benzene rings is 2. The average Bonchev–Trinajstić information content (AvgIpc) is 2.78. The standard InChI is InChI=1S/C26H28N4O2/c1-18-4-8-21(9-5-18)22-12-23(26(32)28-16-20-7-6-19(2)27-15-20)14-24(13-22)30-11-10-29(3)17-25(30)31/h4-9,12-15H,10-11,16-17H2,1-3H3,(H,28,32). The van der Waals surface area contributed by atoms with Crippen LogP contribution in [-0.4, -0.2) is 48.4 Å². The second kappa shape index (κ2) is 9.32. The smallest absolute Gasteiger partial charge is 0.251 e. The number of aryl methyl sites for hydroxylation is 2. The van der Waals surface area contributed by atoms with Gasteiger partial charge in [-0.05, 0) is 61.9 Å². The molecule has 2 heterocycles. The third kappa shape index (κ3) is 5.03. The number of anilines is 1. The van der Waals surface area contributed by atoms with Crippen molar-refractivity contribution in [3.05, 3.63) is 83.2 Å². The molecule has 1 N–H and O–H groups in total. The van der Waals surface area contributed by atoms with Crippen molar-refractivity contribution in [3.63, 3.8) is 0 Å². The van der Waals surface area contributed by atoms with E-state index in [1.54, 1.807) is 11.1 Å². The van der Waals surface area contributed by atoms with Gasteiger partial charge in [-0.2, -0.15) is 0 Å². The van der Waals surface area contributed by atoms with Crippen molar-refractivity contribution >= 4 is 17.5 Å². The van der Waals surface area contributed by atoms with E-state index < -0.39 is 0 Å². The first-order chi connectivity index (χ1) is 15.4. The van der Waals surface area contributed by atoms with E-state index >= 15 is 0 Å². The van der Waals surface area contributed by atoms with Crippen LogP contribution in [0.25, 0.3) is 11.1 Å². The number of pyridine rings is 1. The summed E-state index contributed by atoms with van der Waals surface area (Å²) in [6.45, 7) is 6.13. The molecule has 0 atom stereocenters. The fourth-order valence-electron chi connectivity index (χ4n) is 3.76. The van der Waals surface area contributed by atoms with Crippen LogP contribution < -0.4 is 10.2 Å². The zero-order chi connectivity index (χ0) is 22.7. The topological polar surface area (TPSA) is 65.5 Å². The highest BCUT2D eigenvalue weighted by Gasteiger charge is 2.24. The van der Waals surface area contributed by atoms with Gasteiger partial charge in [0.2, 0.25) is 5.91 Å². The number of amides is 2. The number of carbonyl (C=O) groups excluding carboxylic acids is 2. The molecule has 1 aromatic heterocycles. The van der Waals surface area contributed by atoms with Crippen LogP contribution in [0.1, 0.15) is 27.2 Å². The van der Waals surface area contributed by atoms with Crippen molar-refractivity contribution in [3.8, 4) is 11.1 Å². The normalized spacial score (nSPS) is 14.5. The van der Waals surface area contributed by atoms with E-state index in [4.69, 9.17) is 0 Å². The minimum absolute atomic E-state index is 0.0388. The lowest BCUT2D eigenvalue weighted by Crippen LogP contribution is -2.49. The van der Waals surface area contributed by atoms with E-state index in [0.29, 0.717) is 25.2 Å². The van der Waals surface area contributed by atoms with Gasteiger partial charge in [-0.1, -0.05) is 35.9 Å². The highest BCUT2D eigenvalue weighted by molar-refractivity contribution is 6.00. The lowest BCUT2D eigenvalue weighted by Gasteiger charge is -2.32. The minimum atomic E-state index is -0.178. The van der Waals surface area contributed by atoms with E-state index in [2.05, 4.69) is 10.3 Å². The Morgan fingerprint density at radius 1 is 1.00 bits per heavy atom. The number of nitrogens with zero attached hydrogens (tertiary/aromatic N) is 3. The molecule has 1 fully saturated rings. The quantitative estimate of drug-likeness (QED) is 0.675. The molecule has 0 unspecified atom stereocenters. The fourth-order valence-corrected chi connectivity index (χ4v) is 3.76. The van der Waals surface area contributed by atoms with E-state index in [1.165, 1.54) is 5.56 Å². The maximum absolute atomic E-state index is 13.0. The molecular formula is C26H28N4O2. The van der Waals surface area contributed by atoms with Crippen LogP contribution in [0.4, 0.5) is 5.69 Å². The lowest BCUT2D eigenvalue weighted by molar-refractivity contribution is -0.120. The Kier molecular flexibility index (Phi) is 6.32. The van der Waals surface area contributed by atoms with Crippen molar-refractivity contribution in [1.29, 1.82) is 0 Å². The summed E-state index contributed by atoms with van der Waals surface area (Å²) in [6.07, 6.45) is 1.77. The van der Waals surface area contributed by atoms with E-state index in [0.717, 1.165) is 34.6 Å². The SMILES string of the molecule is Cc1ccc(-c2cc(C(=O)NCc3ccc(C)nc3)cc(N3CCN(C)CC3=O)c2)cc1. The maximum atomic E-state index is 13.0. The molecule has 2 aromatic carbocycles. The maximum Gasteiger partial charge on any atom is 0.251 e. The van der Waals surface area contributed by atoms with Crippen molar-refractivity contribution in [2.45, 2.75) is 20.4 Å². The molecular weight excluding hydrogens is 400 g/mol. The molecule has 1 aliphatic heterocycles. The second-order valence-electron chi connectivity index (χ2n) is 8.41. The van der Waals surface area contributed by atoms with Gasteiger partial charge in [0, 0.05) is 42.8 Å². The average molecular weight is 429 g/mol.